The van der Waals surface area contributed by atoms with E-state index in [0.29, 0.717) is 32.1 Å². The number of carbonyl (C=O) groups excluding carboxylic acids is 4. The van der Waals surface area contributed by atoms with Gasteiger partial charge in [0.25, 0.3) is 0 Å². The highest BCUT2D eigenvalue weighted by molar-refractivity contribution is 5.84. The molecule has 3 saturated heterocycles. The van der Waals surface area contributed by atoms with Crippen LogP contribution in [0, 0.1) is 10.8 Å². The van der Waals surface area contributed by atoms with Crippen LogP contribution < -0.4 is 0 Å². The van der Waals surface area contributed by atoms with E-state index in [0.717, 1.165) is 24.5 Å². The first kappa shape index (κ1) is 49.0. The summed E-state index contributed by atoms with van der Waals surface area (Å²) in [5.41, 5.74) is -1.17. The molecule has 0 aromatic heterocycles. The van der Waals surface area contributed by atoms with Crippen molar-refractivity contribution in [2.75, 3.05) is 7.11 Å². The number of aliphatic hydroxyl groups excluding tert-OH is 1. The first-order valence-electron chi connectivity index (χ1n) is 21.3. The van der Waals surface area contributed by atoms with Crippen molar-refractivity contribution in [2.45, 2.75) is 186 Å². The van der Waals surface area contributed by atoms with E-state index in [4.69, 9.17) is 33.2 Å². The molecule has 4 heterocycles. The monoisotopic (exact) mass is 844 g/mol. The molecule has 0 saturated carbocycles. The smallest absolute Gasteiger partial charge is 0.331 e. The van der Waals surface area contributed by atoms with Crippen LogP contribution in [-0.4, -0.2) is 107 Å². The molecule has 4 aliphatic heterocycles. The fraction of sp³-hybridized carbons (Fsp3) is 0.696. The molecule has 0 spiro atoms. The molecule has 4 aliphatic rings. The fourth-order valence-electron chi connectivity index (χ4n) is 8.40. The normalized spacial score (nSPS) is 35.7. The van der Waals surface area contributed by atoms with E-state index in [9.17, 15) is 34.5 Å². The predicted molar refractivity (Wildman–Crippen MR) is 221 cm³/mol. The molecular weight excluding hydrogens is 776 g/mol. The van der Waals surface area contributed by atoms with Crippen LogP contribution >= 0.6 is 0 Å². The quantitative estimate of drug-likeness (QED) is 0.0828. The molecule has 3 N–H and O–H groups in total. The number of unbranched alkanes of at least 4 members (excludes halogenated alkanes) is 1. The maximum Gasteiger partial charge on any atom is 0.331 e. The third-order valence-corrected chi connectivity index (χ3v) is 12.2. The average molecular weight is 845 g/mol. The molecule has 4 rings (SSSR count). The molecule has 0 unspecified atom stereocenters. The Morgan fingerprint density at radius 3 is 2.37 bits per heavy atom. The van der Waals surface area contributed by atoms with Gasteiger partial charge in [0.1, 0.15) is 12.2 Å². The minimum Gasteiger partial charge on any atom is -0.466 e. The number of rotatable bonds is 8. The van der Waals surface area contributed by atoms with Crippen molar-refractivity contribution in [3.8, 4) is 0 Å². The van der Waals surface area contributed by atoms with Gasteiger partial charge in [0.05, 0.1) is 43.0 Å². The number of esters is 4. The summed E-state index contributed by atoms with van der Waals surface area (Å²) in [5, 5.41) is 36.2. The van der Waals surface area contributed by atoms with Crippen LogP contribution in [-0.2, 0) is 52.3 Å². The molecule has 6 bridgehead atoms. The lowest BCUT2D eigenvalue weighted by Crippen LogP contribution is -2.62. The van der Waals surface area contributed by atoms with E-state index in [1.807, 2.05) is 26.0 Å². The number of ether oxygens (including phenoxy) is 7. The number of cyclic esters (lactones) is 1. The van der Waals surface area contributed by atoms with Gasteiger partial charge in [0, 0.05) is 50.2 Å². The number of aliphatic hydroxyl groups is 3. The summed E-state index contributed by atoms with van der Waals surface area (Å²) < 4.78 is 42.2. The lowest BCUT2D eigenvalue weighted by atomic mass is 9.70. The van der Waals surface area contributed by atoms with Crippen LogP contribution in [0.5, 0.6) is 0 Å². The minimum atomic E-state index is -2.34. The van der Waals surface area contributed by atoms with E-state index in [2.05, 4.69) is 0 Å². The number of hydrogen-bond donors (Lipinski definition) is 3. The van der Waals surface area contributed by atoms with Crippen LogP contribution in [0.1, 0.15) is 126 Å². The molecule has 10 atom stereocenters. The van der Waals surface area contributed by atoms with Crippen LogP contribution in [0.3, 0.4) is 0 Å². The molecule has 0 aliphatic carbocycles. The Morgan fingerprint density at radius 2 is 1.72 bits per heavy atom. The highest BCUT2D eigenvalue weighted by atomic mass is 16.7. The Morgan fingerprint density at radius 1 is 0.983 bits per heavy atom. The molecular formula is C46H68O14. The van der Waals surface area contributed by atoms with Crippen molar-refractivity contribution in [1.82, 2.24) is 0 Å². The fourth-order valence-corrected chi connectivity index (χ4v) is 8.40. The highest BCUT2D eigenvalue weighted by Gasteiger charge is 2.59. The Bertz CT molecular complexity index is 1670. The molecule has 0 aromatic carbocycles. The molecule has 60 heavy (non-hydrogen) atoms. The van der Waals surface area contributed by atoms with Gasteiger partial charge in [-0.25, -0.2) is 9.59 Å². The van der Waals surface area contributed by atoms with E-state index in [1.54, 1.807) is 45.9 Å². The van der Waals surface area contributed by atoms with Crippen LogP contribution in [0.2, 0.25) is 0 Å². The lowest BCUT2D eigenvalue weighted by molar-refractivity contribution is -0.347. The predicted octanol–water partition coefficient (Wildman–Crippen LogP) is 6.16. The maximum atomic E-state index is 13.4. The highest BCUT2D eigenvalue weighted by Crippen LogP contribution is 2.50. The number of allylic oxidation sites excluding steroid dienone is 4. The molecule has 0 radical (unpaired) electrons. The topological polar surface area (TPSA) is 194 Å². The van der Waals surface area contributed by atoms with E-state index in [1.165, 1.54) is 33.1 Å². The number of fused-ring (bicyclic) bond motifs is 6. The summed E-state index contributed by atoms with van der Waals surface area (Å²) in [6, 6.07) is 0. The molecule has 336 valence electrons. The van der Waals surface area contributed by atoms with Crippen molar-refractivity contribution in [1.29, 1.82) is 0 Å². The summed E-state index contributed by atoms with van der Waals surface area (Å²) in [5.74, 6) is -6.78. The van der Waals surface area contributed by atoms with Crippen molar-refractivity contribution < 1.29 is 67.7 Å². The third-order valence-electron chi connectivity index (χ3n) is 12.2. The van der Waals surface area contributed by atoms with Crippen LogP contribution in [0.25, 0.3) is 0 Å². The van der Waals surface area contributed by atoms with Crippen LogP contribution in [0.4, 0.5) is 0 Å². The zero-order valence-corrected chi connectivity index (χ0v) is 36.8. The molecule has 14 nitrogen and oxygen atoms in total. The summed E-state index contributed by atoms with van der Waals surface area (Å²) in [7, 11) is 1.21. The average Bonchev–Trinajstić information content (AvgIpc) is 3.16. The lowest BCUT2D eigenvalue weighted by Gasteiger charge is -2.53. The second-order valence-electron chi connectivity index (χ2n) is 17.7. The van der Waals surface area contributed by atoms with Gasteiger partial charge < -0.3 is 48.5 Å². The Hall–Kier alpha value is -3.66. The molecule has 0 amide bonds. The summed E-state index contributed by atoms with van der Waals surface area (Å²) >= 11 is 0. The molecule has 0 aromatic rings. The molecule has 3 fully saturated rings. The van der Waals surface area contributed by atoms with Crippen molar-refractivity contribution >= 4 is 23.9 Å². The van der Waals surface area contributed by atoms with Crippen molar-refractivity contribution in [3.05, 3.63) is 59.8 Å². The Balaban J connectivity index is 1.82. The van der Waals surface area contributed by atoms with Gasteiger partial charge in [0.15, 0.2) is 11.9 Å². The van der Waals surface area contributed by atoms with Gasteiger partial charge >= 0.3 is 23.9 Å². The Kier molecular flexibility index (Phi) is 17.1. The van der Waals surface area contributed by atoms with Gasteiger partial charge in [-0.3, -0.25) is 9.59 Å². The molecule has 14 heteroatoms. The second-order valence-corrected chi connectivity index (χ2v) is 17.7. The summed E-state index contributed by atoms with van der Waals surface area (Å²) in [4.78, 5) is 51.8. The van der Waals surface area contributed by atoms with Gasteiger partial charge in [-0.05, 0) is 57.9 Å². The number of methoxy groups -OCH3 is 1. The zero-order valence-electron chi connectivity index (χ0n) is 36.8. The maximum absolute atomic E-state index is 13.4. The van der Waals surface area contributed by atoms with E-state index >= 15 is 0 Å². The second kappa shape index (κ2) is 20.9. The summed E-state index contributed by atoms with van der Waals surface area (Å²) in [6.07, 6.45) is 9.50. The van der Waals surface area contributed by atoms with Crippen LogP contribution in [0.15, 0.2) is 59.8 Å². The summed E-state index contributed by atoms with van der Waals surface area (Å²) in [6.45, 7) is 13.7. The van der Waals surface area contributed by atoms with Gasteiger partial charge in [-0.15, -0.1) is 0 Å². The largest absolute Gasteiger partial charge is 0.466 e. The number of carbonyl (C=O) groups is 4. The van der Waals surface area contributed by atoms with E-state index < -0.39 is 95.1 Å². The van der Waals surface area contributed by atoms with Gasteiger partial charge in [-0.1, -0.05) is 83.1 Å². The van der Waals surface area contributed by atoms with Crippen molar-refractivity contribution in [3.63, 3.8) is 0 Å². The van der Waals surface area contributed by atoms with Gasteiger partial charge in [0.2, 0.25) is 5.79 Å². The zero-order chi connectivity index (χ0) is 44.5. The third kappa shape index (κ3) is 12.3. The Labute approximate surface area is 355 Å². The first-order valence-corrected chi connectivity index (χ1v) is 21.3. The van der Waals surface area contributed by atoms with E-state index in [-0.39, 0.29) is 31.3 Å². The first-order chi connectivity index (χ1) is 28.2. The van der Waals surface area contributed by atoms with Gasteiger partial charge in [-0.2, -0.15) is 0 Å². The van der Waals surface area contributed by atoms with Crippen molar-refractivity contribution in [2.24, 2.45) is 10.8 Å². The standard InChI is InChI=1S/C46H68O14/c1-10-12-13-14-15-18-40(50)58-42-32(25-41(51)54-9)24-35-26-37(29(3)47)57-39(49)19-16-17-34-27-38(55-30(4)48)44(7,8)45(52,59-34)28-36-23-31(11-2)22-33(56-36)20-21-43(5,6)46(42,53)60-35/h11,13-15,18,20-21,25,29,33-38,42,47,52-53H,10,12,16-17,19,22-24,26-28H2,1-9H3/t29-,33+,34-,35+,36+,37-,38+,42+,45+,46-/m1/s1. The SMILES string of the molecule is CC=C1C[C@H]2C[C@]3(O)O[C@H](CCCC(=O)O[C@@H]([C@@H](C)O)C[C@@H]4CC(=CC(=O)OC)[C@H](OC(=O)C=CC=CCCC)[C@@](O)(O4)C(C)(C)C=C[C@@H](C1)O2)C[C@H](OC(C)=O)C3(C)C. The minimum absolute atomic E-state index is 0.0348. The number of hydrogen-bond acceptors (Lipinski definition) is 14.